The Balaban J connectivity index is 2.13. The number of carboxylic acid groups (broad SMARTS) is 1. The number of hydrogen-bond donors (Lipinski definition) is 4. The van der Waals surface area contributed by atoms with Crippen molar-refractivity contribution in [2.24, 2.45) is 0 Å². The Morgan fingerprint density at radius 2 is 1.74 bits per heavy atom. The Labute approximate surface area is 160 Å². The lowest BCUT2D eigenvalue weighted by atomic mass is 10.3. The average molecular weight is 414 g/mol. The van der Waals surface area contributed by atoms with E-state index < -0.39 is 28.6 Å². The van der Waals surface area contributed by atoms with E-state index in [0.29, 0.717) is 5.69 Å². The quantitative estimate of drug-likeness (QED) is 0.550. The van der Waals surface area contributed by atoms with E-state index in [1.54, 1.807) is 0 Å². The van der Waals surface area contributed by atoms with Crippen LogP contribution in [0.5, 0.6) is 5.75 Å². The van der Waals surface area contributed by atoms with Crippen LogP contribution in [0.15, 0.2) is 47.4 Å². The van der Waals surface area contributed by atoms with E-state index in [1.807, 2.05) is 0 Å². The summed E-state index contributed by atoms with van der Waals surface area (Å²) in [6, 6.07) is 9.30. The van der Waals surface area contributed by atoms with Gasteiger partial charge in [0.05, 0.1) is 9.92 Å². The summed E-state index contributed by atoms with van der Waals surface area (Å²) in [7, 11) is -2.46. The molecule has 2 aromatic carbocycles. The number of rotatable bonds is 7. The number of nitrogens with one attached hydrogen (secondary N) is 3. The van der Waals surface area contributed by atoms with Crippen molar-refractivity contribution >= 4 is 45.0 Å². The molecule has 0 aromatic heterocycles. The lowest BCUT2D eigenvalue weighted by Gasteiger charge is -2.11. The van der Waals surface area contributed by atoms with Gasteiger partial charge in [-0.15, -0.1) is 0 Å². The number of hydrogen-bond acceptors (Lipinski definition) is 5. The lowest BCUT2D eigenvalue weighted by Crippen LogP contribution is -2.24. The van der Waals surface area contributed by atoms with E-state index in [1.165, 1.54) is 43.4 Å². The minimum atomic E-state index is -3.93. The molecule has 2 rings (SSSR count). The van der Waals surface area contributed by atoms with E-state index in [9.17, 15) is 18.0 Å². The molecule has 0 aliphatic carbocycles. The van der Waals surface area contributed by atoms with Crippen LogP contribution in [-0.2, 0) is 14.8 Å². The first-order valence-electron chi connectivity index (χ1n) is 7.47. The summed E-state index contributed by atoms with van der Waals surface area (Å²) in [5.41, 5.74) is 0.764. The Kier molecular flexibility index (Phi) is 6.48. The number of halogens is 1. The second-order valence-electron chi connectivity index (χ2n) is 5.16. The molecule has 27 heavy (non-hydrogen) atoms. The average Bonchev–Trinajstić information content (AvgIpc) is 2.61. The molecule has 0 spiro atoms. The Morgan fingerprint density at radius 1 is 1.11 bits per heavy atom. The molecule has 0 aliphatic rings. The smallest absolute Gasteiger partial charge is 0.341 e. The number of carboxylic acids is 1. The predicted octanol–water partition coefficient (Wildman–Crippen LogP) is 2.36. The maximum absolute atomic E-state index is 12.5. The van der Waals surface area contributed by atoms with E-state index in [2.05, 4.69) is 15.4 Å². The largest absolute Gasteiger partial charge is 0.480 e. The summed E-state index contributed by atoms with van der Waals surface area (Å²) in [5.74, 6) is -1.12. The predicted molar refractivity (Wildman–Crippen MR) is 99.9 cm³/mol. The van der Waals surface area contributed by atoms with Gasteiger partial charge in [0.25, 0.3) is 10.0 Å². The van der Waals surface area contributed by atoms with Crippen molar-refractivity contribution in [3.05, 3.63) is 47.5 Å². The van der Waals surface area contributed by atoms with Crippen molar-refractivity contribution in [3.63, 3.8) is 0 Å². The Hall–Kier alpha value is -2.98. The number of urea groups is 1. The zero-order chi connectivity index (χ0) is 20.0. The molecule has 11 heteroatoms. The zero-order valence-electron chi connectivity index (χ0n) is 14.0. The summed E-state index contributed by atoms with van der Waals surface area (Å²) in [6.45, 7) is -0.597. The van der Waals surface area contributed by atoms with Crippen LogP contribution in [0.2, 0.25) is 5.02 Å². The zero-order valence-corrected chi connectivity index (χ0v) is 15.6. The van der Waals surface area contributed by atoms with Crippen molar-refractivity contribution in [3.8, 4) is 5.75 Å². The van der Waals surface area contributed by atoms with Crippen LogP contribution in [0.3, 0.4) is 0 Å². The lowest BCUT2D eigenvalue weighted by molar-refractivity contribution is -0.139. The molecular weight excluding hydrogens is 398 g/mol. The van der Waals surface area contributed by atoms with Gasteiger partial charge < -0.3 is 20.5 Å². The number of aliphatic carboxylic acids is 1. The van der Waals surface area contributed by atoms with Crippen molar-refractivity contribution in [2.75, 3.05) is 23.7 Å². The van der Waals surface area contributed by atoms with E-state index >= 15 is 0 Å². The summed E-state index contributed by atoms with van der Waals surface area (Å²) in [4.78, 5) is 21.6. The number of carbonyl (C=O) groups is 2. The van der Waals surface area contributed by atoms with Crippen LogP contribution in [0, 0.1) is 0 Å². The second-order valence-corrected chi connectivity index (χ2v) is 7.25. The first-order chi connectivity index (χ1) is 12.7. The van der Waals surface area contributed by atoms with Crippen LogP contribution in [-0.4, -0.2) is 39.2 Å². The fourth-order valence-corrected chi connectivity index (χ4v) is 3.32. The molecule has 2 amide bonds. The first kappa shape index (κ1) is 20.3. The van der Waals surface area contributed by atoms with E-state index in [4.69, 9.17) is 21.4 Å². The third-order valence-electron chi connectivity index (χ3n) is 3.19. The SMILES string of the molecule is CNC(=O)Nc1ccc(NS(=O)(=O)c2ccc(OCC(=O)O)c(Cl)c2)cc1. The van der Waals surface area contributed by atoms with Gasteiger partial charge in [0.2, 0.25) is 0 Å². The molecule has 0 saturated carbocycles. The van der Waals surface area contributed by atoms with E-state index in [0.717, 1.165) is 6.07 Å². The van der Waals surface area contributed by atoms with Crippen LogP contribution in [0.25, 0.3) is 0 Å². The highest BCUT2D eigenvalue weighted by Gasteiger charge is 2.17. The highest BCUT2D eigenvalue weighted by Crippen LogP contribution is 2.28. The minimum Gasteiger partial charge on any atom is -0.480 e. The van der Waals surface area contributed by atoms with Crippen molar-refractivity contribution in [1.82, 2.24) is 5.32 Å². The molecule has 0 atom stereocenters. The molecule has 2 aromatic rings. The maximum atomic E-state index is 12.5. The van der Waals surface area contributed by atoms with Gasteiger partial charge in [0.1, 0.15) is 5.75 Å². The molecule has 0 radical (unpaired) electrons. The van der Waals surface area contributed by atoms with Gasteiger partial charge in [-0.25, -0.2) is 18.0 Å². The van der Waals surface area contributed by atoms with Crippen molar-refractivity contribution < 1.29 is 27.9 Å². The number of sulfonamides is 1. The molecule has 9 nitrogen and oxygen atoms in total. The molecule has 0 saturated heterocycles. The highest BCUT2D eigenvalue weighted by atomic mass is 35.5. The number of carbonyl (C=O) groups excluding carboxylic acids is 1. The van der Waals surface area contributed by atoms with Gasteiger partial charge in [-0.2, -0.15) is 0 Å². The molecule has 0 aliphatic heterocycles. The van der Waals surface area contributed by atoms with Crippen LogP contribution >= 0.6 is 11.6 Å². The number of ether oxygens (including phenoxy) is 1. The monoisotopic (exact) mass is 413 g/mol. The molecule has 144 valence electrons. The van der Waals surface area contributed by atoms with Gasteiger partial charge in [0, 0.05) is 18.4 Å². The number of amides is 2. The molecule has 0 unspecified atom stereocenters. The normalized spacial score (nSPS) is 10.7. The second kappa shape index (κ2) is 8.60. The maximum Gasteiger partial charge on any atom is 0.341 e. The third kappa shape index (κ3) is 5.76. The van der Waals surface area contributed by atoms with Crippen LogP contribution < -0.4 is 20.1 Å². The minimum absolute atomic E-state index is 0.0377. The van der Waals surface area contributed by atoms with Crippen LogP contribution in [0.1, 0.15) is 0 Å². The van der Waals surface area contributed by atoms with Crippen molar-refractivity contribution in [1.29, 1.82) is 0 Å². The first-order valence-corrected chi connectivity index (χ1v) is 9.33. The summed E-state index contributed by atoms with van der Waals surface area (Å²) in [5, 5.41) is 13.5. The number of anilines is 2. The molecule has 4 N–H and O–H groups in total. The molecule has 0 heterocycles. The van der Waals surface area contributed by atoms with Gasteiger partial charge >= 0.3 is 12.0 Å². The number of benzene rings is 2. The van der Waals surface area contributed by atoms with Gasteiger partial charge in [-0.1, -0.05) is 11.6 Å². The van der Waals surface area contributed by atoms with Gasteiger partial charge in [-0.05, 0) is 42.5 Å². The molecular formula is C16H16ClN3O6S. The summed E-state index contributed by atoms with van der Waals surface area (Å²) < 4.78 is 32.2. The Bertz CT molecular complexity index is 947. The summed E-state index contributed by atoms with van der Waals surface area (Å²) in [6.07, 6.45) is 0. The van der Waals surface area contributed by atoms with Gasteiger partial charge in [0.15, 0.2) is 6.61 Å². The Morgan fingerprint density at radius 3 is 2.30 bits per heavy atom. The fourth-order valence-electron chi connectivity index (χ4n) is 1.93. The standard InChI is InChI=1S/C16H16ClN3O6S/c1-18-16(23)19-10-2-4-11(5-3-10)20-27(24,25)12-6-7-14(13(17)8-12)26-9-15(21)22/h2-8,20H,9H2,1H3,(H,21,22)(H2,18,19,23). The fraction of sp³-hybridized carbons (Fsp3) is 0.125. The highest BCUT2D eigenvalue weighted by molar-refractivity contribution is 7.92. The summed E-state index contributed by atoms with van der Waals surface area (Å²) >= 11 is 5.95. The van der Waals surface area contributed by atoms with Crippen LogP contribution in [0.4, 0.5) is 16.2 Å². The van der Waals surface area contributed by atoms with Crippen molar-refractivity contribution in [2.45, 2.75) is 4.90 Å². The topological polar surface area (TPSA) is 134 Å². The molecule has 0 bridgehead atoms. The van der Waals surface area contributed by atoms with E-state index in [-0.39, 0.29) is 21.4 Å². The molecule has 0 fully saturated rings. The third-order valence-corrected chi connectivity index (χ3v) is 4.86. The van der Waals surface area contributed by atoms with Gasteiger partial charge in [-0.3, -0.25) is 4.72 Å².